The van der Waals surface area contributed by atoms with Crippen molar-refractivity contribution in [3.8, 4) is 0 Å². The molecule has 4 nitrogen and oxygen atoms in total. The van der Waals surface area contributed by atoms with Gasteiger partial charge in [0.05, 0.1) is 0 Å². The molecule has 0 fully saturated rings. The summed E-state index contributed by atoms with van der Waals surface area (Å²) in [6, 6.07) is 16.2. The van der Waals surface area contributed by atoms with Crippen LogP contribution in [-0.4, -0.2) is 17.6 Å². The summed E-state index contributed by atoms with van der Waals surface area (Å²) < 4.78 is 0. The molecule has 2 aromatic carbocycles. The van der Waals surface area contributed by atoms with E-state index < -0.39 is 0 Å². The second-order valence-electron chi connectivity index (χ2n) is 5.04. The normalized spacial score (nSPS) is 11.4. The van der Waals surface area contributed by atoms with Gasteiger partial charge in [0.1, 0.15) is 0 Å². The summed E-state index contributed by atoms with van der Waals surface area (Å²) in [4.78, 5) is 2.31. The van der Waals surface area contributed by atoms with E-state index in [0.717, 1.165) is 18.7 Å². The molecular weight excluding hydrogens is 262 g/mol. The number of oxime groups is 1. The first-order chi connectivity index (χ1) is 10.1. The maximum atomic E-state index is 8.67. The van der Waals surface area contributed by atoms with E-state index in [1.165, 1.54) is 16.8 Å². The van der Waals surface area contributed by atoms with E-state index >= 15 is 0 Å². The van der Waals surface area contributed by atoms with Gasteiger partial charge in [-0.15, -0.1) is 0 Å². The summed E-state index contributed by atoms with van der Waals surface area (Å²) in [5.74, 6) is 0.132. The van der Waals surface area contributed by atoms with Gasteiger partial charge in [0.15, 0.2) is 5.84 Å². The molecule has 2 aromatic rings. The molecule has 0 atom stereocenters. The van der Waals surface area contributed by atoms with E-state index in [0.29, 0.717) is 0 Å². The van der Waals surface area contributed by atoms with Crippen LogP contribution in [0, 0.1) is 6.92 Å². The Labute approximate surface area is 125 Å². The van der Waals surface area contributed by atoms with Gasteiger partial charge in [0, 0.05) is 24.3 Å². The Hall–Kier alpha value is -2.49. The van der Waals surface area contributed by atoms with Crippen LogP contribution < -0.4 is 10.6 Å². The van der Waals surface area contributed by atoms with Gasteiger partial charge in [-0.3, -0.25) is 0 Å². The first-order valence-electron chi connectivity index (χ1n) is 7.02. The van der Waals surface area contributed by atoms with Gasteiger partial charge in [-0.05, 0) is 37.1 Å². The number of nitrogens with zero attached hydrogens (tertiary/aromatic N) is 2. The second-order valence-corrected chi connectivity index (χ2v) is 5.04. The minimum atomic E-state index is 0.132. The van der Waals surface area contributed by atoms with Crippen molar-refractivity contribution in [3.05, 3.63) is 65.2 Å². The topological polar surface area (TPSA) is 61.8 Å². The van der Waals surface area contributed by atoms with Crippen molar-refractivity contribution in [2.24, 2.45) is 10.9 Å². The molecule has 0 saturated carbocycles. The smallest absolute Gasteiger partial charge is 0.170 e. The lowest BCUT2D eigenvalue weighted by Gasteiger charge is -2.23. The third-order valence-electron chi connectivity index (χ3n) is 3.48. The Morgan fingerprint density at radius 1 is 1.19 bits per heavy atom. The molecule has 2 rings (SSSR count). The average Bonchev–Trinajstić information content (AvgIpc) is 2.52. The lowest BCUT2D eigenvalue weighted by Crippen LogP contribution is -2.22. The van der Waals surface area contributed by atoms with Crippen molar-refractivity contribution < 1.29 is 5.21 Å². The minimum absolute atomic E-state index is 0.132. The van der Waals surface area contributed by atoms with Crippen molar-refractivity contribution in [3.63, 3.8) is 0 Å². The van der Waals surface area contributed by atoms with Gasteiger partial charge in [-0.1, -0.05) is 41.6 Å². The first kappa shape index (κ1) is 14.9. The predicted molar refractivity (Wildman–Crippen MR) is 86.9 cm³/mol. The van der Waals surface area contributed by atoms with Gasteiger partial charge in [0.2, 0.25) is 0 Å². The summed E-state index contributed by atoms with van der Waals surface area (Å²) in [5.41, 5.74) is 9.96. The number of anilines is 1. The third kappa shape index (κ3) is 3.75. The molecular formula is C17H21N3O. The second kappa shape index (κ2) is 6.79. The number of hydrogen-bond acceptors (Lipinski definition) is 3. The minimum Gasteiger partial charge on any atom is -0.409 e. The van der Waals surface area contributed by atoms with Crippen molar-refractivity contribution in [2.75, 3.05) is 11.4 Å². The van der Waals surface area contributed by atoms with E-state index in [1.807, 2.05) is 24.3 Å². The van der Waals surface area contributed by atoms with E-state index in [9.17, 15) is 0 Å². The van der Waals surface area contributed by atoms with Crippen molar-refractivity contribution in [2.45, 2.75) is 20.4 Å². The van der Waals surface area contributed by atoms with Gasteiger partial charge < -0.3 is 15.8 Å². The first-order valence-corrected chi connectivity index (χ1v) is 7.02. The predicted octanol–water partition coefficient (Wildman–Crippen LogP) is 3.12. The Morgan fingerprint density at radius 2 is 1.90 bits per heavy atom. The molecule has 0 saturated heterocycles. The van der Waals surface area contributed by atoms with Crippen LogP contribution in [0.25, 0.3) is 0 Å². The van der Waals surface area contributed by atoms with Gasteiger partial charge in [0.25, 0.3) is 0 Å². The molecule has 110 valence electrons. The molecule has 0 amide bonds. The number of benzene rings is 2. The maximum Gasteiger partial charge on any atom is 0.170 e. The van der Waals surface area contributed by atoms with Gasteiger partial charge in [-0.25, -0.2) is 0 Å². The molecule has 0 spiro atoms. The highest BCUT2D eigenvalue weighted by atomic mass is 16.4. The highest BCUT2D eigenvalue weighted by molar-refractivity contribution is 5.96. The molecule has 3 N–H and O–H groups in total. The number of aryl methyl sites for hydroxylation is 1. The Bertz CT molecular complexity index is 620. The van der Waals surface area contributed by atoms with Gasteiger partial charge >= 0.3 is 0 Å². The Kier molecular flexibility index (Phi) is 4.82. The van der Waals surface area contributed by atoms with Crippen LogP contribution in [0.2, 0.25) is 0 Å². The standard InChI is InChI=1S/C17H21N3O/c1-3-20(16-6-4-5-13(2)11-16)12-14-7-9-15(10-8-14)17(18)19-21/h4-11,21H,3,12H2,1-2H3,(H2,18,19). The molecule has 0 aliphatic heterocycles. The zero-order valence-electron chi connectivity index (χ0n) is 12.5. The summed E-state index contributed by atoms with van der Waals surface area (Å²) >= 11 is 0. The fourth-order valence-electron chi connectivity index (χ4n) is 2.27. The van der Waals surface area contributed by atoms with Crippen LogP contribution >= 0.6 is 0 Å². The molecule has 0 bridgehead atoms. The summed E-state index contributed by atoms with van der Waals surface area (Å²) in [5, 5.41) is 11.7. The molecule has 0 aromatic heterocycles. The summed E-state index contributed by atoms with van der Waals surface area (Å²) in [6.07, 6.45) is 0. The lowest BCUT2D eigenvalue weighted by molar-refractivity contribution is 0.318. The molecule has 0 aliphatic carbocycles. The van der Waals surface area contributed by atoms with E-state index in [1.54, 1.807) is 0 Å². The molecule has 0 radical (unpaired) electrons. The van der Waals surface area contributed by atoms with Crippen LogP contribution in [0.4, 0.5) is 5.69 Å². The quantitative estimate of drug-likeness (QED) is 0.383. The zero-order valence-corrected chi connectivity index (χ0v) is 12.5. The fourth-order valence-corrected chi connectivity index (χ4v) is 2.27. The van der Waals surface area contributed by atoms with Crippen LogP contribution in [0.3, 0.4) is 0 Å². The highest BCUT2D eigenvalue weighted by Crippen LogP contribution is 2.18. The number of amidine groups is 1. The molecule has 0 aliphatic rings. The molecule has 0 heterocycles. The van der Waals surface area contributed by atoms with E-state index in [4.69, 9.17) is 10.9 Å². The summed E-state index contributed by atoms with van der Waals surface area (Å²) in [6.45, 7) is 6.01. The highest BCUT2D eigenvalue weighted by Gasteiger charge is 2.06. The van der Waals surface area contributed by atoms with Crippen LogP contribution in [0.15, 0.2) is 53.7 Å². The fraction of sp³-hybridized carbons (Fsp3) is 0.235. The third-order valence-corrected chi connectivity index (χ3v) is 3.48. The van der Waals surface area contributed by atoms with Crippen LogP contribution in [0.5, 0.6) is 0 Å². The summed E-state index contributed by atoms with van der Waals surface area (Å²) in [7, 11) is 0. The van der Waals surface area contributed by atoms with E-state index in [2.05, 4.69) is 48.2 Å². The molecule has 0 unspecified atom stereocenters. The van der Waals surface area contributed by atoms with Gasteiger partial charge in [-0.2, -0.15) is 0 Å². The van der Waals surface area contributed by atoms with Crippen molar-refractivity contribution >= 4 is 11.5 Å². The Balaban J connectivity index is 2.15. The van der Waals surface area contributed by atoms with Crippen LogP contribution in [0.1, 0.15) is 23.6 Å². The maximum absolute atomic E-state index is 8.67. The van der Waals surface area contributed by atoms with Crippen molar-refractivity contribution in [1.29, 1.82) is 0 Å². The number of nitrogens with two attached hydrogens (primary N) is 1. The lowest BCUT2D eigenvalue weighted by atomic mass is 10.1. The SMILES string of the molecule is CCN(Cc1ccc(/C(N)=N/O)cc1)c1cccc(C)c1. The largest absolute Gasteiger partial charge is 0.409 e. The number of hydrogen-bond donors (Lipinski definition) is 2. The Morgan fingerprint density at radius 3 is 2.48 bits per heavy atom. The number of rotatable bonds is 5. The van der Waals surface area contributed by atoms with Crippen LogP contribution in [-0.2, 0) is 6.54 Å². The molecule has 21 heavy (non-hydrogen) atoms. The zero-order chi connectivity index (χ0) is 15.2. The van der Waals surface area contributed by atoms with Crippen molar-refractivity contribution in [1.82, 2.24) is 0 Å². The monoisotopic (exact) mass is 283 g/mol. The molecule has 4 heteroatoms. The average molecular weight is 283 g/mol. The van der Waals surface area contributed by atoms with E-state index in [-0.39, 0.29) is 5.84 Å².